The van der Waals surface area contributed by atoms with Crippen molar-refractivity contribution in [1.29, 1.82) is 0 Å². The normalized spacial score (nSPS) is 18.4. The third kappa shape index (κ3) is 6.80. The number of nitrogens with one attached hydrogen (secondary N) is 1. The minimum Gasteiger partial charge on any atom is -0.464 e. The van der Waals surface area contributed by atoms with Gasteiger partial charge in [0.25, 0.3) is 0 Å². The van der Waals surface area contributed by atoms with Crippen LogP contribution in [-0.4, -0.2) is 25.5 Å². The van der Waals surface area contributed by atoms with E-state index in [0.717, 1.165) is 38.5 Å². The van der Waals surface area contributed by atoms with Gasteiger partial charge in [-0.25, -0.2) is 4.84 Å². The Hall–Kier alpha value is -0.820. The van der Waals surface area contributed by atoms with Gasteiger partial charge in [-0.05, 0) is 12.8 Å². The van der Waals surface area contributed by atoms with Crippen LogP contribution >= 0.6 is 0 Å². The molecule has 0 aromatic heterocycles. The zero-order chi connectivity index (χ0) is 13.4. The van der Waals surface area contributed by atoms with E-state index in [1.165, 1.54) is 0 Å². The minimum absolute atomic E-state index is 0.101. The van der Waals surface area contributed by atoms with Gasteiger partial charge in [0.15, 0.2) is 0 Å². The molecule has 0 radical (unpaired) electrons. The maximum atomic E-state index is 11.6. The van der Waals surface area contributed by atoms with Crippen LogP contribution in [0.25, 0.3) is 0 Å². The molecule has 0 aromatic rings. The first kappa shape index (κ1) is 15.2. The highest BCUT2D eigenvalue weighted by molar-refractivity contribution is 5.72. The first-order valence-electron chi connectivity index (χ1n) is 6.13. The number of carbonyl (C=O) groups is 1. The number of hydrogen-bond donors (Lipinski definition) is 1. The Bertz CT molecular complexity index is 250. The van der Waals surface area contributed by atoms with E-state index < -0.39 is 6.36 Å². The molecule has 7 heteroatoms. The number of hydroxylamine groups is 1. The smallest absolute Gasteiger partial charge is 0.464 e. The second kappa shape index (κ2) is 7.58. The fourth-order valence-electron chi connectivity index (χ4n) is 1.96. The Labute approximate surface area is 104 Å². The summed E-state index contributed by atoms with van der Waals surface area (Å²) in [5.74, 6) is -0.415. The molecule has 0 heterocycles. The number of halogens is 3. The van der Waals surface area contributed by atoms with Gasteiger partial charge in [0, 0.05) is 0 Å². The van der Waals surface area contributed by atoms with Gasteiger partial charge in [0.1, 0.15) is 6.61 Å². The van der Waals surface area contributed by atoms with Gasteiger partial charge in [-0.3, -0.25) is 4.79 Å². The predicted octanol–water partition coefficient (Wildman–Crippen LogP) is 2.54. The summed E-state index contributed by atoms with van der Waals surface area (Å²) in [5.41, 5.74) is 1.69. The lowest BCUT2D eigenvalue weighted by Gasteiger charge is -2.13. The van der Waals surface area contributed by atoms with Crippen LogP contribution in [0, 0.1) is 5.92 Å². The molecule has 0 aromatic carbocycles. The molecule has 0 amide bonds. The summed E-state index contributed by atoms with van der Waals surface area (Å²) in [5, 5.41) is 0. The van der Waals surface area contributed by atoms with Gasteiger partial charge < -0.3 is 4.74 Å². The van der Waals surface area contributed by atoms with E-state index >= 15 is 0 Å². The molecule has 0 atom stereocenters. The van der Waals surface area contributed by atoms with Crippen LogP contribution in [0.2, 0.25) is 0 Å². The van der Waals surface area contributed by atoms with Crippen molar-refractivity contribution in [2.45, 2.75) is 44.9 Å². The van der Waals surface area contributed by atoms with E-state index in [9.17, 15) is 18.0 Å². The molecule has 106 valence electrons. The average Bonchev–Trinajstić information content (AvgIpc) is 2.55. The highest BCUT2D eigenvalue weighted by atomic mass is 19.4. The summed E-state index contributed by atoms with van der Waals surface area (Å²) in [6.07, 6.45) is 1.18. The quantitative estimate of drug-likeness (QED) is 0.360. The molecular formula is C11H18F3NO3. The Morgan fingerprint density at radius 3 is 2.33 bits per heavy atom. The number of ether oxygens (including phenoxy) is 1. The highest BCUT2D eigenvalue weighted by Gasteiger charge is 2.29. The molecule has 1 fully saturated rings. The number of esters is 1. The van der Waals surface area contributed by atoms with Crippen LogP contribution in [0.5, 0.6) is 0 Å². The Morgan fingerprint density at radius 1 is 1.17 bits per heavy atom. The van der Waals surface area contributed by atoms with E-state index in [1.807, 2.05) is 0 Å². The fraction of sp³-hybridized carbons (Fsp3) is 0.909. The number of rotatable bonds is 5. The van der Waals surface area contributed by atoms with E-state index in [4.69, 9.17) is 4.74 Å². The Balaban J connectivity index is 2.09. The van der Waals surface area contributed by atoms with Crippen molar-refractivity contribution in [3.05, 3.63) is 0 Å². The van der Waals surface area contributed by atoms with Gasteiger partial charge in [0.05, 0.1) is 12.5 Å². The molecule has 0 bridgehead atoms. The second-order valence-corrected chi connectivity index (χ2v) is 4.30. The van der Waals surface area contributed by atoms with Crippen molar-refractivity contribution in [2.24, 2.45) is 5.92 Å². The number of hydrogen-bond acceptors (Lipinski definition) is 4. The molecule has 1 aliphatic carbocycles. The summed E-state index contributed by atoms with van der Waals surface area (Å²) >= 11 is 0. The summed E-state index contributed by atoms with van der Waals surface area (Å²) in [6.45, 7) is -0.302. The Kier molecular flexibility index (Phi) is 6.42. The number of carbonyl (C=O) groups excluding carboxylic acids is 1. The van der Waals surface area contributed by atoms with E-state index in [-0.39, 0.29) is 25.0 Å². The van der Waals surface area contributed by atoms with E-state index in [2.05, 4.69) is 4.84 Å². The average molecular weight is 269 g/mol. The lowest BCUT2D eigenvalue weighted by Crippen LogP contribution is -2.29. The van der Waals surface area contributed by atoms with Crippen LogP contribution < -0.4 is 5.48 Å². The van der Waals surface area contributed by atoms with Crippen LogP contribution in [0.3, 0.4) is 0 Å². The van der Waals surface area contributed by atoms with E-state index in [1.54, 1.807) is 5.48 Å². The summed E-state index contributed by atoms with van der Waals surface area (Å²) in [7, 11) is 0. The first-order chi connectivity index (χ1) is 8.49. The molecule has 1 N–H and O–H groups in total. The lowest BCUT2D eigenvalue weighted by atomic mass is 10.0. The zero-order valence-electron chi connectivity index (χ0n) is 10.1. The van der Waals surface area contributed by atoms with E-state index in [0.29, 0.717) is 0 Å². The molecule has 1 rings (SSSR count). The van der Waals surface area contributed by atoms with Crippen LogP contribution in [0.1, 0.15) is 38.5 Å². The molecule has 1 saturated carbocycles. The highest BCUT2D eigenvalue weighted by Crippen LogP contribution is 2.23. The minimum atomic E-state index is -4.72. The molecule has 0 aliphatic heterocycles. The topological polar surface area (TPSA) is 47.6 Å². The van der Waals surface area contributed by atoms with Crippen LogP contribution in [0.4, 0.5) is 13.2 Å². The maximum absolute atomic E-state index is 11.6. The lowest BCUT2D eigenvalue weighted by molar-refractivity contribution is -0.350. The van der Waals surface area contributed by atoms with Gasteiger partial charge in [0.2, 0.25) is 0 Å². The number of alkyl halides is 3. The van der Waals surface area contributed by atoms with Crippen LogP contribution in [-0.2, 0) is 14.4 Å². The second-order valence-electron chi connectivity index (χ2n) is 4.30. The van der Waals surface area contributed by atoms with Gasteiger partial charge in [-0.1, -0.05) is 25.7 Å². The molecule has 0 unspecified atom stereocenters. The first-order valence-corrected chi connectivity index (χ1v) is 6.13. The standard InChI is InChI=1S/C11H18F3NO3/c12-11(13,14)18-15-7-8-17-10(16)9-5-3-1-2-4-6-9/h9,15H,1-8H2. The maximum Gasteiger partial charge on any atom is 0.538 e. The predicted molar refractivity (Wildman–Crippen MR) is 57.3 cm³/mol. The molecular weight excluding hydrogens is 251 g/mol. The van der Waals surface area contributed by atoms with Gasteiger partial charge in [-0.2, -0.15) is 5.48 Å². The van der Waals surface area contributed by atoms with Crippen molar-refractivity contribution >= 4 is 5.97 Å². The van der Waals surface area contributed by atoms with Gasteiger partial charge >= 0.3 is 12.3 Å². The SMILES string of the molecule is O=C(OCCNOC(F)(F)F)C1CCCCCC1. The summed E-state index contributed by atoms with van der Waals surface area (Å²) < 4.78 is 39.7. The monoisotopic (exact) mass is 269 g/mol. The van der Waals surface area contributed by atoms with Crippen molar-refractivity contribution in [2.75, 3.05) is 13.2 Å². The third-order valence-corrected chi connectivity index (χ3v) is 2.82. The molecule has 0 saturated heterocycles. The zero-order valence-corrected chi connectivity index (χ0v) is 10.1. The molecule has 0 spiro atoms. The van der Waals surface area contributed by atoms with Crippen molar-refractivity contribution in [3.63, 3.8) is 0 Å². The molecule has 4 nitrogen and oxygen atoms in total. The van der Waals surface area contributed by atoms with Crippen molar-refractivity contribution in [3.8, 4) is 0 Å². The van der Waals surface area contributed by atoms with Crippen LogP contribution in [0.15, 0.2) is 0 Å². The Morgan fingerprint density at radius 2 is 1.78 bits per heavy atom. The largest absolute Gasteiger partial charge is 0.538 e. The summed E-state index contributed by atoms with van der Waals surface area (Å²) in [4.78, 5) is 14.9. The molecule has 18 heavy (non-hydrogen) atoms. The van der Waals surface area contributed by atoms with Crippen molar-refractivity contribution < 1.29 is 27.5 Å². The fourth-order valence-corrected chi connectivity index (χ4v) is 1.96. The molecule has 1 aliphatic rings. The van der Waals surface area contributed by atoms with Gasteiger partial charge in [-0.15, -0.1) is 13.2 Å². The summed E-state index contributed by atoms with van der Waals surface area (Å²) in [6, 6.07) is 0. The van der Waals surface area contributed by atoms with Crippen molar-refractivity contribution in [1.82, 2.24) is 5.48 Å². The third-order valence-electron chi connectivity index (χ3n) is 2.82.